The van der Waals surface area contributed by atoms with Crippen LogP contribution in [0.4, 0.5) is 0 Å². The van der Waals surface area contributed by atoms with Gasteiger partial charge in [-0.2, -0.15) is 0 Å². The molecule has 6 heteroatoms. The maximum atomic E-state index is 5.96. The molecule has 0 radical (unpaired) electrons. The minimum atomic E-state index is 0.416. The lowest BCUT2D eigenvalue weighted by Gasteiger charge is -2.30. The predicted molar refractivity (Wildman–Crippen MR) is 96.3 cm³/mol. The zero-order valence-corrected chi connectivity index (χ0v) is 15.0. The van der Waals surface area contributed by atoms with Crippen LogP contribution in [0.3, 0.4) is 0 Å². The summed E-state index contributed by atoms with van der Waals surface area (Å²) in [5.41, 5.74) is 1.85. The van der Waals surface area contributed by atoms with Crippen LogP contribution in [0.15, 0.2) is 28.7 Å². The Morgan fingerprint density at radius 2 is 1.96 bits per heavy atom. The van der Waals surface area contributed by atoms with Crippen LogP contribution in [0, 0.1) is 6.92 Å². The van der Waals surface area contributed by atoms with Crippen LogP contribution in [0.1, 0.15) is 49.6 Å². The van der Waals surface area contributed by atoms with Crippen molar-refractivity contribution in [3.8, 4) is 0 Å². The molecular weight excluding hydrogens is 314 g/mol. The normalized spacial score (nSPS) is 16.7. The summed E-state index contributed by atoms with van der Waals surface area (Å²) in [6.07, 6.45) is 3.26. The Morgan fingerprint density at radius 3 is 2.72 bits per heavy atom. The minimum absolute atomic E-state index is 0.416. The molecule has 3 heterocycles. The third-order valence-electron chi connectivity index (χ3n) is 5.07. The van der Waals surface area contributed by atoms with E-state index in [1.54, 1.807) is 0 Å². The van der Waals surface area contributed by atoms with E-state index in [9.17, 15) is 0 Å². The van der Waals surface area contributed by atoms with Crippen LogP contribution in [-0.2, 0) is 13.1 Å². The first-order valence-electron chi connectivity index (χ1n) is 9.21. The largest absolute Gasteiger partial charge is 0.440 e. The van der Waals surface area contributed by atoms with Crippen LogP contribution in [0.2, 0.25) is 0 Å². The van der Waals surface area contributed by atoms with Crippen molar-refractivity contribution in [2.24, 2.45) is 0 Å². The SMILES string of the molecule is CCCn1c(C)nnc1CN1CCC(c2nc3ccccc3o2)CC1. The Kier molecular flexibility index (Phi) is 4.53. The van der Waals surface area contributed by atoms with E-state index >= 15 is 0 Å². The highest BCUT2D eigenvalue weighted by Gasteiger charge is 2.25. The van der Waals surface area contributed by atoms with Gasteiger partial charge in [-0.1, -0.05) is 19.1 Å². The zero-order valence-electron chi connectivity index (χ0n) is 15.0. The molecule has 2 aromatic heterocycles. The highest BCUT2D eigenvalue weighted by molar-refractivity contribution is 5.72. The summed E-state index contributed by atoms with van der Waals surface area (Å²) >= 11 is 0. The van der Waals surface area contributed by atoms with E-state index in [4.69, 9.17) is 4.42 Å². The third-order valence-corrected chi connectivity index (χ3v) is 5.07. The van der Waals surface area contributed by atoms with E-state index in [2.05, 4.69) is 31.6 Å². The molecule has 0 N–H and O–H groups in total. The number of para-hydroxylation sites is 2. The van der Waals surface area contributed by atoms with E-state index in [1.807, 2.05) is 31.2 Å². The van der Waals surface area contributed by atoms with Gasteiger partial charge in [0.2, 0.25) is 0 Å². The number of aryl methyl sites for hydroxylation is 1. The van der Waals surface area contributed by atoms with E-state index in [-0.39, 0.29) is 0 Å². The van der Waals surface area contributed by atoms with Crippen molar-refractivity contribution in [2.75, 3.05) is 13.1 Å². The molecule has 1 aliphatic heterocycles. The molecule has 0 aliphatic carbocycles. The number of rotatable bonds is 5. The van der Waals surface area contributed by atoms with Crippen molar-refractivity contribution in [3.63, 3.8) is 0 Å². The predicted octanol–water partition coefficient (Wildman–Crippen LogP) is 3.52. The van der Waals surface area contributed by atoms with Gasteiger partial charge in [-0.25, -0.2) is 4.98 Å². The average molecular weight is 339 g/mol. The van der Waals surface area contributed by atoms with Crippen molar-refractivity contribution >= 4 is 11.1 Å². The van der Waals surface area contributed by atoms with Gasteiger partial charge in [0.15, 0.2) is 11.5 Å². The quantitative estimate of drug-likeness (QED) is 0.712. The van der Waals surface area contributed by atoms with Crippen molar-refractivity contribution in [2.45, 2.75) is 52.1 Å². The summed E-state index contributed by atoms with van der Waals surface area (Å²) in [6, 6.07) is 8.00. The van der Waals surface area contributed by atoms with E-state index in [1.165, 1.54) is 0 Å². The molecule has 0 bridgehead atoms. The number of oxazole rings is 1. The van der Waals surface area contributed by atoms with Crippen LogP contribution in [-0.4, -0.2) is 37.7 Å². The first kappa shape index (κ1) is 16.3. The van der Waals surface area contributed by atoms with Gasteiger partial charge in [0.25, 0.3) is 0 Å². The smallest absolute Gasteiger partial charge is 0.198 e. The molecule has 6 nitrogen and oxygen atoms in total. The lowest BCUT2D eigenvalue weighted by Crippen LogP contribution is -2.33. The average Bonchev–Trinajstić information content (AvgIpc) is 3.21. The van der Waals surface area contributed by atoms with Crippen molar-refractivity contribution in [1.82, 2.24) is 24.6 Å². The summed E-state index contributed by atoms with van der Waals surface area (Å²) < 4.78 is 8.20. The van der Waals surface area contributed by atoms with Crippen molar-refractivity contribution in [3.05, 3.63) is 41.8 Å². The van der Waals surface area contributed by atoms with E-state index in [0.29, 0.717) is 5.92 Å². The zero-order chi connectivity index (χ0) is 17.2. The third kappa shape index (κ3) is 3.31. The van der Waals surface area contributed by atoms with E-state index in [0.717, 1.165) is 74.1 Å². The Hall–Kier alpha value is -2.21. The summed E-state index contributed by atoms with van der Waals surface area (Å²) in [4.78, 5) is 7.14. The Bertz CT molecular complexity index is 811. The molecule has 1 fully saturated rings. The van der Waals surface area contributed by atoms with Crippen molar-refractivity contribution < 1.29 is 4.42 Å². The second-order valence-corrected chi connectivity index (χ2v) is 6.89. The molecule has 0 unspecified atom stereocenters. The van der Waals surface area contributed by atoms with Gasteiger partial charge in [0.1, 0.15) is 17.2 Å². The number of fused-ring (bicyclic) bond motifs is 1. The number of likely N-dealkylation sites (tertiary alicyclic amines) is 1. The molecule has 0 atom stereocenters. The molecule has 3 aromatic rings. The first-order valence-corrected chi connectivity index (χ1v) is 9.21. The Morgan fingerprint density at radius 1 is 1.16 bits per heavy atom. The molecule has 1 saturated heterocycles. The monoisotopic (exact) mass is 339 g/mol. The van der Waals surface area contributed by atoms with Gasteiger partial charge in [0.05, 0.1) is 6.54 Å². The maximum Gasteiger partial charge on any atom is 0.198 e. The second kappa shape index (κ2) is 6.96. The first-order chi connectivity index (χ1) is 12.2. The van der Waals surface area contributed by atoms with Gasteiger partial charge in [-0.15, -0.1) is 10.2 Å². The fourth-order valence-electron chi connectivity index (χ4n) is 3.66. The molecule has 0 saturated carbocycles. The number of hydrogen-bond donors (Lipinski definition) is 0. The van der Waals surface area contributed by atoms with Crippen LogP contribution < -0.4 is 0 Å². The van der Waals surface area contributed by atoms with Gasteiger partial charge in [-0.3, -0.25) is 4.90 Å². The summed E-state index contributed by atoms with van der Waals surface area (Å²) in [5, 5.41) is 8.62. The lowest BCUT2D eigenvalue weighted by atomic mass is 9.97. The fourth-order valence-corrected chi connectivity index (χ4v) is 3.66. The summed E-state index contributed by atoms with van der Waals surface area (Å²) in [7, 11) is 0. The molecule has 25 heavy (non-hydrogen) atoms. The molecule has 0 amide bonds. The van der Waals surface area contributed by atoms with Crippen molar-refractivity contribution in [1.29, 1.82) is 0 Å². The molecule has 1 aromatic carbocycles. The molecule has 4 rings (SSSR count). The number of hydrogen-bond acceptors (Lipinski definition) is 5. The highest BCUT2D eigenvalue weighted by atomic mass is 16.3. The van der Waals surface area contributed by atoms with Crippen LogP contribution in [0.5, 0.6) is 0 Å². The number of aromatic nitrogens is 4. The Labute approximate surface area is 147 Å². The second-order valence-electron chi connectivity index (χ2n) is 6.89. The highest BCUT2D eigenvalue weighted by Crippen LogP contribution is 2.30. The standard InChI is InChI=1S/C19H25N5O/c1-3-10-24-14(2)21-22-18(24)13-23-11-8-15(9-12-23)19-20-16-6-4-5-7-17(16)25-19/h4-7,15H,3,8-13H2,1-2H3. The minimum Gasteiger partial charge on any atom is -0.440 e. The topological polar surface area (TPSA) is 60.0 Å². The van der Waals surface area contributed by atoms with E-state index < -0.39 is 0 Å². The van der Waals surface area contributed by atoms with Crippen LogP contribution >= 0.6 is 0 Å². The lowest BCUT2D eigenvalue weighted by molar-refractivity contribution is 0.187. The Balaban J connectivity index is 1.40. The molecule has 132 valence electrons. The summed E-state index contributed by atoms with van der Waals surface area (Å²) in [6.45, 7) is 8.18. The molecule has 1 aliphatic rings. The molecule has 0 spiro atoms. The maximum absolute atomic E-state index is 5.96. The van der Waals surface area contributed by atoms with Gasteiger partial charge >= 0.3 is 0 Å². The van der Waals surface area contributed by atoms with Crippen LogP contribution in [0.25, 0.3) is 11.1 Å². The fraction of sp³-hybridized carbons (Fsp3) is 0.526. The van der Waals surface area contributed by atoms with Gasteiger partial charge in [-0.05, 0) is 51.4 Å². The van der Waals surface area contributed by atoms with Gasteiger partial charge in [0, 0.05) is 12.5 Å². The van der Waals surface area contributed by atoms with Gasteiger partial charge < -0.3 is 8.98 Å². The summed E-state index contributed by atoms with van der Waals surface area (Å²) in [5.74, 6) is 3.41. The number of piperidine rings is 1. The molecular formula is C19H25N5O. The number of nitrogens with zero attached hydrogens (tertiary/aromatic N) is 5. The number of benzene rings is 1.